The van der Waals surface area contributed by atoms with Crippen molar-refractivity contribution in [3.8, 4) is 0 Å². The predicted octanol–water partition coefficient (Wildman–Crippen LogP) is 3.05. The zero-order chi connectivity index (χ0) is 11.8. The summed E-state index contributed by atoms with van der Waals surface area (Å²) in [5, 5.41) is 8.60. The van der Waals surface area contributed by atoms with E-state index in [1.165, 1.54) is 17.8 Å². The first-order valence-electron chi connectivity index (χ1n) is 5.52. The lowest BCUT2D eigenvalue weighted by Gasteiger charge is -2.04. The molecule has 0 spiro atoms. The zero-order valence-electron chi connectivity index (χ0n) is 9.29. The maximum Gasteiger partial charge on any atom is 0.138 e. The van der Waals surface area contributed by atoms with Crippen LogP contribution in [0.3, 0.4) is 0 Å². The summed E-state index contributed by atoms with van der Waals surface area (Å²) >= 11 is 1.52. The number of hydrogen-bond acceptors (Lipinski definition) is 3. The number of nitrogen functional groups attached to an aromatic ring is 1. The van der Waals surface area contributed by atoms with E-state index in [9.17, 15) is 4.39 Å². The lowest BCUT2D eigenvalue weighted by Crippen LogP contribution is -1.89. The largest absolute Gasteiger partial charge is 0.399 e. The van der Waals surface area contributed by atoms with Crippen molar-refractivity contribution in [2.24, 2.45) is 0 Å². The van der Waals surface area contributed by atoms with Gasteiger partial charge in [0.2, 0.25) is 0 Å². The van der Waals surface area contributed by atoms with Gasteiger partial charge >= 0.3 is 0 Å². The second-order valence-electron chi connectivity index (χ2n) is 3.68. The predicted molar refractivity (Wildman–Crippen MR) is 67.1 cm³/mol. The molecule has 90 valence electrons. The summed E-state index contributed by atoms with van der Waals surface area (Å²) in [6, 6.07) is 4.80. The van der Waals surface area contributed by atoms with Gasteiger partial charge in [-0.15, -0.1) is 11.8 Å². The Morgan fingerprint density at radius 3 is 2.62 bits per heavy atom. The maximum atomic E-state index is 13.3. The molecular weight excluding hydrogens is 225 g/mol. The minimum absolute atomic E-state index is 0.236. The number of anilines is 1. The molecule has 0 aliphatic rings. The number of unbranched alkanes of at least 4 members (excludes halogenated alkanes) is 3. The Labute approximate surface area is 100 Å². The van der Waals surface area contributed by atoms with Crippen LogP contribution in [0.15, 0.2) is 23.1 Å². The molecule has 0 fully saturated rings. The van der Waals surface area contributed by atoms with E-state index in [0.29, 0.717) is 10.6 Å². The molecule has 2 nitrogen and oxygen atoms in total. The highest BCUT2D eigenvalue weighted by Gasteiger charge is 2.02. The van der Waals surface area contributed by atoms with Gasteiger partial charge in [-0.1, -0.05) is 12.8 Å². The standard InChI is InChI=1S/C12H18FNOS/c13-11-9-10(14)5-6-12(11)16-8-4-2-1-3-7-15/h5-6,9,15H,1-4,7-8,14H2. The maximum absolute atomic E-state index is 13.3. The van der Waals surface area contributed by atoms with E-state index in [0.717, 1.165) is 31.4 Å². The van der Waals surface area contributed by atoms with Crippen molar-refractivity contribution in [1.82, 2.24) is 0 Å². The van der Waals surface area contributed by atoms with Crippen LogP contribution in [0.5, 0.6) is 0 Å². The van der Waals surface area contributed by atoms with Crippen LogP contribution in [0.2, 0.25) is 0 Å². The lowest BCUT2D eigenvalue weighted by atomic mass is 10.2. The first-order chi connectivity index (χ1) is 7.74. The Morgan fingerprint density at radius 2 is 1.94 bits per heavy atom. The Balaban J connectivity index is 2.21. The molecule has 4 heteroatoms. The first kappa shape index (κ1) is 13.3. The molecular formula is C12H18FNOS. The highest BCUT2D eigenvalue weighted by Crippen LogP contribution is 2.24. The molecule has 16 heavy (non-hydrogen) atoms. The highest BCUT2D eigenvalue weighted by molar-refractivity contribution is 7.99. The second-order valence-corrected chi connectivity index (χ2v) is 4.81. The van der Waals surface area contributed by atoms with Crippen LogP contribution in [-0.2, 0) is 0 Å². The average Bonchev–Trinajstić information content (AvgIpc) is 2.26. The molecule has 0 aliphatic heterocycles. The van der Waals surface area contributed by atoms with E-state index >= 15 is 0 Å². The van der Waals surface area contributed by atoms with Gasteiger partial charge in [0, 0.05) is 17.2 Å². The van der Waals surface area contributed by atoms with Crippen LogP contribution in [0.1, 0.15) is 25.7 Å². The van der Waals surface area contributed by atoms with Crippen LogP contribution in [0, 0.1) is 5.82 Å². The van der Waals surface area contributed by atoms with Gasteiger partial charge in [0.1, 0.15) is 5.82 Å². The van der Waals surface area contributed by atoms with Crippen LogP contribution in [0.25, 0.3) is 0 Å². The molecule has 0 bridgehead atoms. The molecule has 0 unspecified atom stereocenters. The van der Waals surface area contributed by atoms with E-state index in [4.69, 9.17) is 10.8 Å². The minimum atomic E-state index is -0.236. The van der Waals surface area contributed by atoms with Crippen LogP contribution in [-0.4, -0.2) is 17.5 Å². The summed E-state index contributed by atoms with van der Waals surface area (Å²) in [7, 11) is 0. The average molecular weight is 243 g/mol. The van der Waals surface area contributed by atoms with Crippen molar-refractivity contribution in [1.29, 1.82) is 0 Å². The highest BCUT2D eigenvalue weighted by atomic mass is 32.2. The number of halogens is 1. The number of aliphatic hydroxyl groups excluding tert-OH is 1. The molecule has 3 N–H and O–H groups in total. The number of hydrogen-bond donors (Lipinski definition) is 2. The Bertz CT molecular complexity index is 320. The number of rotatable bonds is 7. The monoisotopic (exact) mass is 243 g/mol. The quantitative estimate of drug-likeness (QED) is 0.439. The lowest BCUT2D eigenvalue weighted by molar-refractivity contribution is 0.283. The van der Waals surface area contributed by atoms with E-state index in [2.05, 4.69) is 0 Å². The third-order valence-electron chi connectivity index (χ3n) is 2.27. The molecule has 0 atom stereocenters. The summed E-state index contributed by atoms with van der Waals surface area (Å²) < 4.78 is 13.3. The molecule has 1 aromatic rings. The van der Waals surface area contributed by atoms with Gasteiger partial charge < -0.3 is 10.8 Å². The minimum Gasteiger partial charge on any atom is -0.399 e. The molecule has 0 heterocycles. The van der Waals surface area contributed by atoms with E-state index < -0.39 is 0 Å². The van der Waals surface area contributed by atoms with Crippen LogP contribution < -0.4 is 5.73 Å². The molecule has 1 aromatic carbocycles. The Morgan fingerprint density at radius 1 is 1.19 bits per heavy atom. The smallest absolute Gasteiger partial charge is 0.138 e. The van der Waals surface area contributed by atoms with Crippen molar-refractivity contribution in [2.75, 3.05) is 18.1 Å². The molecule has 0 aromatic heterocycles. The van der Waals surface area contributed by atoms with Gasteiger partial charge in [0.25, 0.3) is 0 Å². The topological polar surface area (TPSA) is 46.2 Å². The summed E-state index contributed by atoms with van der Waals surface area (Å²) in [5.41, 5.74) is 5.93. The molecule has 0 amide bonds. The summed E-state index contributed by atoms with van der Waals surface area (Å²) in [6.07, 6.45) is 4.04. The number of aliphatic hydroxyl groups is 1. The van der Waals surface area contributed by atoms with Crippen molar-refractivity contribution < 1.29 is 9.50 Å². The van der Waals surface area contributed by atoms with E-state index in [1.54, 1.807) is 12.1 Å². The van der Waals surface area contributed by atoms with Gasteiger partial charge in [-0.25, -0.2) is 4.39 Å². The number of thioether (sulfide) groups is 1. The molecule has 1 rings (SSSR count). The Kier molecular flexibility index (Phi) is 6.26. The third-order valence-corrected chi connectivity index (χ3v) is 3.40. The Hall–Kier alpha value is -0.740. The summed E-state index contributed by atoms with van der Waals surface area (Å²) in [5.74, 6) is 0.673. The number of nitrogens with two attached hydrogens (primary N) is 1. The van der Waals surface area contributed by atoms with Gasteiger partial charge in [-0.3, -0.25) is 0 Å². The normalized spacial score (nSPS) is 10.6. The number of benzene rings is 1. The second kappa shape index (κ2) is 7.52. The molecule has 0 saturated carbocycles. The fourth-order valence-electron chi connectivity index (χ4n) is 1.38. The van der Waals surface area contributed by atoms with Gasteiger partial charge in [-0.2, -0.15) is 0 Å². The first-order valence-corrected chi connectivity index (χ1v) is 6.51. The third kappa shape index (κ3) is 4.86. The van der Waals surface area contributed by atoms with Gasteiger partial charge in [0.05, 0.1) is 0 Å². The van der Waals surface area contributed by atoms with E-state index in [-0.39, 0.29) is 12.4 Å². The van der Waals surface area contributed by atoms with Crippen LogP contribution in [0.4, 0.5) is 10.1 Å². The van der Waals surface area contributed by atoms with Gasteiger partial charge in [-0.05, 0) is 36.8 Å². The van der Waals surface area contributed by atoms with Crippen molar-refractivity contribution in [3.05, 3.63) is 24.0 Å². The van der Waals surface area contributed by atoms with E-state index in [1.807, 2.05) is 0 Å². The SMILES string of the molecule is Nc1ccc(SCCCCCCO)c(F)c1. The van der Waals surface area contributed by atoms with Gasteiger partial charge in [0.15, 0.2) is 0 Å². The summed E-state index contributed by atoms with van der Waals surface area (Å²) in [6.45, 7) is 0.264. The molecule has 0 radical (unpaired) electrons. The summed E-state index contributed by atoms with van der Waals surface area (Å²) in [4.78, 5) is 0.663. The van der Waals surface area contributed by atoms with Crippen molar-refractivity contribution >= 4 is 17.4 Å². The van der Waals surface area contributed by atoms with Crippen molar-refractivity contribution in [3.63, 3.8) is 0 Å². The fraction of sp³-hybridized carbons (Fsp3) is 0.500. The fourth-order valence-corrected chi connectivity index (χ4v) is 2.31. The molecule has 0 saturated heterocycles. The van der Waals surface area contributed by atoms with Crippen LogP contribution >= 0.6 is 11.8 Å². The zero-order valence-corrected chi connectivity index (χ0v) is 10.1. The van der Waals surface area contributed by atoms with Crippen molar-refractivity contribution in [2.45, 2.75) is 30.6 Å². The molecule has 0 aliphatic carbocycles.